The minimum Gasteiger partial charge on any atom is -0.476 e. The number of carboxylic acid groups (broad SMARTS) is 1. The standard InChI is InChI=1S/C11H14N2O5S2/c14-9(3-7-1-2-20(17,18)6-7)12-4-10-13-8(5-19-10)11(15)16/h5,7H,1-4,6H2,(H,12,14)(H,15,16). The first-order chi connectivity index (χ1) is 9.35. The maximum absolute atomic E-state index is 11.7. The highest BCUT2D eigenvalue weighted by Crippen LogP contribution is 2.21. The van der Waals surface area contributed by atoms with Crippen LogP contribution in [-0.2, 0) is 21.2 Å². The molecule has 110 valence electrons. The molecule has 20 heavy (non-hydrogen) atoms. The van der Waals surface area contributed by atoms with Crippen molar-refractivity contribution in [3.8, 4) is 0 Å². The lowest BCUT2D eigenvalue weighted by molar-refractivity contribution is -0.122. The third-order valence-corrected chi connectivity index (χ3v) is 5.69. The molecule has 0 radical (unpaired) electrons. The molecule has 1 amide bonds. The zero-order chi connectivity index (χ0) is 14.8. The molecule has 0 spiro atoms. The highest BCUT2D eigenvalue weighted by Gasteiger charge is 2.29. The minimum absolute atomic E-state index is 0.0406. The van der Waals surface area contributed by atoms with Gasteiger partial charge >= 0.3 is 5.97 Å². The van der Waals surface area contributed by atoms with Crippen molar-refractivity contribution in [2.24, 2.45) is 5.92 Å². The number of thiazole rings is 1. The zero-order valence-corrected chi connectivity index (χ0v) is 12.2. The van der Waals surface area contributed by atoms with Crippen LogP contribution >= 0.6 is 11.3 Å². The summed E-state index contributed by atoms with van der Waals surface area (Å²) < 4.78 is 22.5. The van der Waals surface area contributed by atoms with Crippen LogP contribution in [0.3, 0.4) is 0 Å². The monoisotopic (exact) mass is 318 g/mol. The van der Waals surface area contributed by atoms with Crippen LogP contribution in [0.1, 0.15) is 28.3 Å². The summed E-state index contributed by atoms with van der Waals surface area (Å²) in [5.41, 5.74) is -0.0406. The van der Waals surface area contributed by atoms with E-state index in [1.54, 1.807) is 0 Å². The lowest BCUT2D eigenvalue weighted by Crippen LogP contribution is -2.25. The molecule has 0 aromatic carbocycles. The number of hydrogen-bond donors (Lipinski definition) is 2. The fourth-order valence-corrected chi connectivity index (χ4v) is 4.60. The molecule has 2 heterocycles. The molecule has 0 aliphatic carbocycles. The Morgan fingerprint density at radius 3 is 2.80 bits per heavy atom. The maximum Gasteiger partial charge on any atom is 0.355 e. The van der Waals surface area contributed by atoms with Crippen molar-refractivity contribution in [1.29, 1.82) is 0 Å². The lowest BCUT2D eigenvalue weighted by atomic mass is 10.1. The molecule has 0 saturated carbocycles. The van der Waals surface area contributed by atoms with Crippen LogP contribution < -0.4 is 5.32 Å². The Labute approximate surface area is 119 Å². The highest BCUT2D eigenvalue weighted by molar-refractivity contribution is 7.91. The van der Waals surface area contributed by atoms with E-state index in [1.807, 2.05) is 0 Å². The van der Waals surface area contributed by atoms with Gasteiger partial charge in [0.1, 0.15) is 5.01 Å². The Kier molecular flexibility index (Phi) is 4.39. The van der Waals surface area contributed by atoms with Crippen LogP contribution in [0, 0.1) is 5.92 Å². The number of sulfone groups is 1. The predicted molar refractivity (Wildman–Crippen MR) is 72.3 cm³/mol. The summed E-state index contributed by atoms with van der Waals surface area (Å²) >= 11 is 1.16. The molecule has 1 unspecified atom stereocenters. The van der Waals surface area contributed by atoms with Gasteiger partial charge in [0.15, 0.2) is 15.5 Å². The number of aromatic nitrogens is 1. The number of carbonyl (C=O) groups is 2. The topological polar surface area (TPSA) is 113 Å². The normalized spacial score (nSPS) is 20.7. The van der Waals surface area contributed by atoms with Crippen molar-refractivity contribution in [2.75, 3.05) is 11.5 Å². The van der Waals surface area contributed by atoms with E-state index >= 15 is 0 Å². The van der Waals surface area contributed by atoms with Crippen LogP contribution in [0.15, 0.2) is 5.38 Å². The quantitative estimate of drug-likeness (QED) is 0.806. The molecule has 1 saturated heterocycles. The second kappa shape index (κ2) is 5.88. The first-order valence-corrected chi connectivity index (χ1v) is 8.70. The van der Waals surface area contributed by atoms with Gasteiger partial charge < -0.3 is 10.4 Å². The molecule has 9 heteroatoms. The Bertz CT molecular complexity index is 623. The maximum atomic E-state index is 11.7. The van der Waals surface area contributed by atoms with Gasteiger partial charge in [-0.05, 0) is 12.3 Å². The van der Waals surface area contributed by atoms with E-state index in [0.717, 1.165) is 11.3 Å². The van der Waals surface area contributed by atoms with Gasteiger partial charge in [-0.25, -0.2) is 18.2 Å². The number of aromatic carboxylic acids is 1. The molecule has 1 aliphatic rings. The largest absolute Gasteiger partial charge is 0.476 e. The molecule has 2 rings (SSSR count). The van der Waals surface area contributed by atoms with Crippen molar-refractivity contribution >= 4 is 33.1 Å². The number of amides is 1. The van der Waals surface area contributed by atoms with E-state index in [4.69, 9.17) is 5.11 Å². The Morgan fingerprint density at radius 2 is 2.25 bits per heavy atom. The van der Waals surface area contributed by atoms with E-state index in [2.05, 4.69) is 10.3 Å². The molecule has 1 fully saturated rings. The Hall–Kier alpha value is -1.48. The van der Waals surface area contributed by atoms with Gasteiger partial charge in [-0.15, -0.1) is 11.3 Å². The molecule has 1 atom stereocenters. The summed E-state index contributed by atoms with van der Waals surface area (Å²) in [5.74, 6) is -1.24. The molecule has 1 aromatic heterocycles. The predicted octanol–water partition coefficient (Wildman–Crippen LogP) is 0.282. The average Bonchev–Trinajstić information content (AvgIpc) is 2.93. The summed E-state index contributed by atoms with van der Waals surface area (Å²) in [6.07, 6.45) is 0.701. The number of hydrogen-bond acceptors (Lipinski definition) is 6. The molecule has 7 nitrogen and oxygen atoms in total. The van der Waals surface area contributed by atoms with E-state index < -0.39 is 15.8 Å². The van der Waals surface area contributed by atoms with Gasteiger partial charge in [0.05, 0.1) is 18.1 Å². The van der Waals surface area contributed by atoms with Crippen molar-refractivity contribution in [1.82, 2.24) is 10.3 Å². The molecule has 1 aliphatic heterocycles. The summed E-state index contributed by atoms with van der Waals surface area (Å²) in [5, 5.41) is 13.3. The van der Waals surface area contributed by atoms with Crippen LogP contribution in [0.25, 0.3) is 0 Å². The van der Waals surface area contributed by atoms with Crippen molar-refractivity contribution in [2.45, 2.75) is 19.4 Å². The fraction of sp³-hybridized carbons (Fsp3) is 0.545. The Balaban J connectivity index is 1.79. The third-order valence-electron chi connectivity index (χ3n) is 3.01. The second-order valence-electron chi connectivity index (χ2n) is 4.68. The first kappa shape index (κ1) is 14.9. The van der Waals surface area contributed by atoms with Gasteiger partial charge in [-0.2, -0.15) is 0 Å². The van der Waals surface area contributed by atoms with Crippen LogP contribution in [-0.4, -0.2) is 41.9 Å². The summed E-state index contributed by atoms with van der Waals surface area (Å²) in [7, 11) is -2.97. The van der Waals surface area contributed by atoms with Gasteiger partial charge in [0.25, 0.3) is 0 Å². The smallest absolute Gasteiger partial charge is 0.355 e. The van der Waals surface area contributed by atoms with Crippen LogP contribution in [0.2, 0.25) is 0 Å². The van der Waals surface area contributed by atoms with Gasteiger partial charge in [0, 0.05) is 11.8 Å². The Morgan fingerprint density at radius 1 is 1.50 bits per heavy atom. The highest BCUT2D eigenvalue weighted by atomic mass is 32.2. The van der Waals surface area contributed by atoms with Crippen molar-refractivity contribution in [3.05, 3.63) is 16.1 Å². The van der Waals surface area contributed by atoms with E-state index in [-0.39, 0.29) is 42.0 Å². The summed E-state index contributed by atoms with van der Waals surface area (Å²) in [4.78, 5) is 26.2. The van der Waals surface area contributed by atoms with Crippen molar-refractivity contribution < 1.29 is 23.1 Å². The number of carboxylic acids is 1. The van der Waals surface area contributed by atoms with Crippen molar-refractivity contribution in [3.63, 3.8) is 0 Å². The van der Waals surface area contributed by atoms with Gasteiger partial charge in [-0.1, -0.05) is 0 Å². The van der Waals surface area contributed by atoms with Crippen LogP contribution in [0.4, 0.5) is 0 Å². The fourth-order valence-electron chi connectivity index (χ4n) is 2.03. The third kappa shape index (κ3) is 4.01. The number of nitrogens with zero attached hydrogens (tertiary/aromatic N) is 1. The first-order valence-electron chi connectivity index (χ1n) is 6.00. The van der Waals surface area contributed by atoms with E-state index in [0.29, 0.717) is 11.4 Å². The van der Waals surface area contributed by atoms with E-state index in [1.165, 1.54) is 5.38 Å². The van der Waals surface area contributed by atoms with Crippen LogP contribution in [0.5, 0.6) is 0 Å². The van der Waals surface area contributed by atoms with Gasteiger partial charge in [0.2, 0.25) is 5.91 Å². The number of rotatable bonds is 5. The number of nitrogens with one attached hydrogen (secondary N) is 1. The molecule has 0 bridgehead atoms. The van der Waals surface area contributed by atoms with E-state index in [9.17, 15) is 18.0 Å². The molecule has 1 aromatic rings. The second-order valence-corrected chi connectivity index (χ2v) is 7.85. The summed E-state index contributed by atoms with van der Waals surface area (Å²) in [6.45, 7) is 0.163. The molecular formula is C11H14N2O5S2. The molecule has 2 N–H and O–H groups in total. The zero-order valence-electron chi connectivity index (χ0n) is 10.5. The summed E-state index contributed by atoms with van der Waals surface area (Å²) in [6, 6.07) is 0. The number of carbonyl (C=O) groups excluding carboxylic acids is 1. The molecular weight excluding hydrogens is 304 g/mol. The lowest BCUT2D eigenvalue weighted by Gasteiger charge is -2.07. The average molecular weight is 318 g/mol. The SMILES string of the molecule is O=C(CC1CCS(=O)(=O)C1)NCc1nc(C(=O)O)cs1. The minimum atomic E-state index is -2.97. The van der Waals surface area contributed by atoms with Gasteiger partial charge in [-0.3, -0.25) is 4.79 Å².